The summed E-state index contributed by atoms with van der Waals surface area (Å²) in [5.74, 6) is -1.56. The highest BCUT2D eigenvalue weighted by atomic mass is 16.6. The van der Waals surface area contributed by atoms with E-state index in [2.05, 4.69) is 6.92 Å². The molecule has 0 aliphatic rings. The Kier molecular flexibility index (Phi) is 9.02. The van der Waals surface area contributed by atoms with Gasteiger partial charge in [-0.25, -0.2) is 9.59 Å². The average molecular weight is 458 g/mol. The number of rotatable bonds is 11. The van der Waals surface area contributed by atoms with E-state index in [1.54, 1.807) is 6.92 Å². The molecule has 2 aromatic rings. The second-order valence-electron chi connectivity index (χ2n) is 7.53. The number of methoxy groups -OCH3 is 1. The molecule has 0 saturated heterocycles. The van der Waals surface area contributed by atoms with Crippen molar-refractivity contribution in [2.24, 2.45) is 0 Å². The van der Waals surface area contributed by atoms with Gasteiger partial charge >= 0.3 is 11.9 Å². The first-order valence-corrected chi connectivity index (χ1v) is 10.6. The number of nitrogens with zero attached hydrogens (tertiary/aromatic N) is 2. The van der Waals surface area contributed by atoms with E-state index in [1.807, 2.05) is 0 Å². The van der Waals surface area contributed by atoms with Crippen molar-refractivity contribution < 1.29 is 28.9 Å². The summed E-state index contributed by atoms with van der Waals surface area (Å²) in [5, 5.41) is 22.7. The van der Waals surface area contributed by atoms with Crippen LogP contribution in [0.25, 0.3) is 11.1 Å². The second kappa shape index (κ2) is 11.7. The summed E-state index contributed by atoms with van der Waals surface area (Å²) in [6.45, 7) is 3.85. The lowest BCUT2D eigenvalue weighted by atomic mass is 9.94. The number of hydrogen-bond donors (Lipinski definition) is 0. The Balaban J connectivity index is 2.54. The Morgan fingerprint density at radius 2 is 1.39 bits per heavy atom. The predicted octanol–water partition coefficient (Wildman–Crippen LogP) is 5.47. The number of nitro benzene ring substituents is 2. The lowest BCUT2D eigenvalue weighted by Gasteiger charge is -2.16. The van der Waals surface area contributed by atoms with Gasteiger partial charge in [-0.3, -0.25) is 20.2 Å². The smallest absolute Gasteiger partial charge is 0.339 e. The monoisotopic (exact) mass is 458 g/mol. The molecule has 10 nitrogen and oxygen atoms in total. The molecule has 0 bridgehead atoms. The Morgan fingerprint density at radius 1 is 0.879 bits per heavy atom. The van der Waals surface area contributed by atoms with Gasteiger partial charge < -0.3 is 9.47 Å². The van der Waals surface area contributed by atoms with Gasteiger partial charge in [0.25, 0.3) is 11.4 Å². The van der Waals surface area contributed by atoms with Crippen LogP contribution in [0.4, 0.5) is 11.4 Å². The van der Waals surface area contributed by atoms with Gasteiger partial charge in [-0.05, 0) is 31.9 Å². The third-order valence-corrected chi connectivity index (χ3v) is 5.12. The summed E-state index contributed by atoms with van der Waals surface area (Å²) in [7, 11) is 1.14. The number of non-ortho nitro benzene ring substituents is 2. The molecule has 0 spiro atoms. The maximum atomic E-state index is 12.9. The standard InChI is InChI=1S/C23H26N2O8/c1-4-5-6-7-8-15(2)33-23(27)19-12-10-17(25(30)31)14-21(19)20-13-16(24(28)29)9-11-18(20)22(26)32-3/h9-15H,4-8H2,1-3H3/t15-/m1/s1. The van der Waals surface area contributed by atoms with Crippen LogP contribution in [0.5, 0.6) is 0 Å². The quantitative estimate of drug-likeness (QED) is 0.187. The van der Waals surface area contributed by atoms with E-state index in [-0.39, 0.29) is 33.6 Å². The van der Waals surface area contributed by atoms with Gasteiger partial charge in [-0.15, -0.1) is 0 Å². The molecule has 2 rings (SSSR count). The summed E-state index contributed by atoms with van der Waals surface area (Å²) in [6.07, 6.45) is 4.30. The number of esters is 2. The van der Waals surface area contributed by atoms with Crippen LogP contribution in [0, 0.1) is 20.2 Å². The maximum absolute atomic E-state index is 12.9. The average Bonchev–Trinajstić information content (AvgIpc) is 2.80. The number of carbonyl (C=O) groups is 2. The van der Waals surface area contributed by atoms with Crippen molar-refractivity contribution in [3.05, 3.63) is 67.8 Å². The molecule has 2 aromatic carbocycles. The van der Waals surface area contributed by atoms with Gasteiger partial charge in [-0.2, -0.15) is 0 Å². The van der Waals surface area contributed by atoms with E-state index in [1.165, 1.54) is 12.1 Å². The molecule has 0 saturated carbocycles. The SMILES string of the molecule is CCCCCC[C@@H](C)OC(=O)c1ccc([N+](=O)[O-])cc1-c1cc([N+](=O)[O-])ccc1C(=O)OC. The Morgan fingerprint density at radius 3 is 1.85 bits per heavy atom. The lowest BCUT2D eigenvalue weighted by Crippen LogP contribution is -2.16. The minimum Gasteiger partial charge on any atom is -0.465 e. The Hall–Kier alpha value is -3.82. The fourth-order valence-corrected chi connectivity index (χ4v) is 3.37. The van der Waals surface area contributed by atoms with Gasteiger partial charge in [0, 0.05) is 35.4 Å². The molecule has 0 fully saturated rings. The second-order valence-corrected chi connectivity index (χ2v) is 7.53. The largest absolute Gasteiger partial charge is 0.465 e. The third kappa shape index (κ3) is 6.58. The molecule has 176 valence electrons. The zero-order valence-electron chi connectivity index (χ0n) is 18.7. The summed E-state index contributed by atoms with van der Waals surface area (Å²) in [5.41, 5.74) is -0.903. The van der Waals surface area contributed by atoms with Crippen molar-refractivity contribution in [1.82, 2.24) is 0 Å². The molecular weight excluding hydrogens is 432 g/mol. The molecule has 0 heterocycles. The minimum atomic E-state index is -0.810. The number of unbranched alkanes of at least 4 members (excludes halogenated alkanes) is 3. The van der Waals surface area contributed by atoms with Crippen molar-refractivity contribution in [3.63, 3.8) is 0 Å². The molecular formula is C23H26N2O8. The Labute approximate surface area is 190 Å². The van der Waals surface area contributed by atoms with Crippen molar-refractivity contribution in [2.45, 2.75) is 52.1 Å². The van der Waals surface area contributed by atoms with Crippen LogP contribution in [0.3, 0.4) is 0 Å². The van der Waals surface area contributed by atoms with Crippen molar-refractivity contribution in [1.29, 1.82) is 0 Å². The van der Waals surface area contributed by atoms with E-state index in [9.17, 15) is 29.8 Å². The zero-order valence-corrected chi connectivity index (χ0v) is 18.7. The summed E-state index contributed by atoms with van der Waals surface area (Å²) < 4.78 is 10.3. The number of hydrogen-bond acceptors (Lipinski definition) is 8. The molecule has 0 N–H and O–H groups in total. The Bertz CT molecular complexity index is 1050. The van der Waals surface area contributed by atoms with Crippen LogP contribution in [0.15, 0.2) is 36.4 Å². The van der Waals surface area contributed by atoms with Gasteiger partial charge in [-0.1, -0.05) is 26.2 Å². The molecule has 0 aliphatic carbocycles. The predicted molar refractivity (Wildman–Crippen MR) is 120 cm³/mol. The molecule has 0 amide bonds. The van der Waals surface area contributed by atoms with E-state index in [4.69, 9.17) is 9.47 Å². The maximum Gasteiger partial charge on any atom is 0.339 e. The summed E-state index contributed by atoms with van der Waals surface area (Å²) in [4.78, 5) is 46.6. The normalized spacial score (nSPS) is 11.5. The van der Waals surface area contributed by atoms with Gasteiger partial charge in [0.05, 0.1) is 34.2 Å². The van der Waals surface area contributed by atoms with Crippen LogP contribution in [0.2, 0.25) is 0 Å². The topological polar surface area (TPSA) is 139 Å². The van der Waals surface area contributed by atoms with Crippen molar-refractivity contribution >= 4 is 23.3 Å². The highest BCUT2D eigenvalue weighted by Gasteiger charge is 2.25. The van der Waals surface area contributed by atoms with Crippen molar-refractivity contribution in [3.8, 4) is 11.1 Å². The molecule has 0 aromatic heterocycles. The van der Waals surface area contributed by atoms with E-state index in [0.29, 0.717) is 6.42 Å². The van der Waals surface area contributed by atoms with E-state index in [0.717, 1.165) is 57.1 Å². The van der Waals surface area contributed by atoms with Crippen LogP contribution in [0.1, 0.15) is 66.7 Å². The van der Waals surface area contributed by atoms with Crippen LogP contribution in [-0.2, 0) is 9.47 Å². The number of ether oxygens (including phenoxy) is 2. The number of benzene rings is 2. The first kappa shape index (κ1) is 25.4. The molecule has 33 heavy (non-hydrogen) atoms. The fraction of sp³-hybridized carbons (Fsp3) is 0.391. The molecule has 1 atom stereocenters. The van der Waals surface area contributed by atoms with Gasteiger partial charge in [0.2, 0.25) is 0 Å². The minimum absolute atomic E-state index is 0.0310. The first-order valence-electron chi connectivity index (χ1n) is 10.6. The number of carbonyl (C=O) groups excluding carboxylic acids is 2. The highest BCUT2D eigenvalue weighted by molar-refractivity contribution is 6.04. The first-order chi connectivity index (χ1) is 15.7. The highest BCUT2D eigenvalue weighted by Crippen LogP contribution is 2.34. The molecule has 0 unspecified atom stereocenters. The zero-order chi connectivity index (χ0) is 24.5. The van der Waals surface area contributed by atoms with E-state index < -0.39 is 27.9 Å². The van der Waals surface area contributed by atoms with Crippen LogP contribution >= 0.6 is 0 Å². The van der Waals surface area contributed by atoms with E-state index >= 15 is 0 Å². The summed E-state index contributed by atoms with van der Waals surface area (Å²) in [6, 6.07) is 6.83. The number of nitro groups is 2. The fourth-order valence-electron chi connectivity index (χ4n) is 3.37. The molecule has 0 aliphatic heterocycles. The van der Waals surface area contributed by atoms with Gasteiger partial charge in [0.1, 0.15) is 0 Å². The van der Waals surface area contributed by atoms with Crippen LogP contribution < -0.4 is 0 Å². The summed E-state index contributed by atoms with van der Waals surface area (Å²) >= 11 is 0. The molecule has 10 heteroatoms. The van der Waals surface area contributed by atoms with Gasteiger partial charge in [0.15, 0.2) is 0 Å². The molecule has 0 radical (unpaired) electrons. The lowest BCUT2D eigenvalue weighted by molar-refractivity contribution is -0.385. The third-order valence-electron chi connectivity index (χ3n) is 5.12. The van der Waals surface area contributed by atoms with Crippen molar-refractivity contribution in [2.75, 3.05) is 7.11 Å². The van der Waals surface area contributed by atoms with Crippen LogP contribution in [-0.4, -0.2) is 35.0 Å².